The molecule has 1 aromatic rings. The van der Waals surface area contributed by atoms with Crippen LogP contribution in [0.3, 0.4) is 0 Å². The summed E-state index contributed by atoms with van der Waals surface area (Å²) in [6.07, 6.45) is 0. The standard InChI is InChI=1S/C14H16N4O2/c1-10(18-7-6-16-13(19)9-18)14(20)17-12-4-2-11(8-15)3-5-12/h2-5,10H,6-7,9H2,1H3,(H,16,19)(H,17,20). The fourth-order valence-corrected chi connectivity index (χ4v) is 2.03. The maximum absolute atomic E-state index is 12.1. The number of nitriles is 1. The molecule has 1 atom stereocenters. The van der Waals surface area contributed by atoms with Gasteiger partial charge in [0.25, 0.3) is 0 Å². The summed E-state index contributed by atoms with van der Waals surface area (Å²) in [6, 6.07) is 8.31. The molecule has 2 amide bonds. The summed E-state index contributed by atoms with van der Waals surface area (Å²) in [5.41, 5.74) is 1.19. The van der Waals surface area contributed by atoms with Crippen molar-refractivity contribution in [3.05, 3.63) is 29.8 Å². The number of anilines is 1. The molecule has 0 saturated carbocycles. The van der Waals surface area contributed by atoms with Gasteiger partial charge < -0.3 is 10.6 Å². The Labute approximate surface area is 117 Å². The van der Waals surface area contributed by atoms with Crippen molar-refractivity contribution in [1.82, 2.24) is 10.2 Å². The Morgan fingerprint density at radius 1 is 1.45 bits per heavy atom. The summed E-state index contributed by atoms with van der Waals surface area (Å²) in [4.78, 5) is 25.3. The smallest absolute Gasteiger partial charge is 0.241 e. The number of benzene rings is 1. The van der Waals surface area contributed by atoms with Crippen molar-refractivity contribution in [3.63, 3.8) is 0 Å². The van der Waals surface area contributed by atoms with Crippen molar-refractivity contribution in [2.75, 3.05) is 25.0 Å². The van der Waals surface area contributed by atoms with E-state index < -0.39 is 0 Å². The highest BCUT2D eigenvalue weighted by Gasteiger charge is 2.25. The van der Waals surface area contributed by atoms with Gasteiger partial charge in [0.1, 0.15) is 0 Å². The van der Waals surface area contributed by atoms with Gasteiger partial charge in [0.15, 0.2) is 0 Å². The SMILES string of the molecule is CC(C(=O)Nc1ccc(C#N)cc1)N1CCNC(=O)C1. The number of rotatable bonds is 3. The molecule has 104 valence electrons. The number of amides is 2. The molecule has 2 rings (SSSR count). The van der Waals surface area contributed by atoms with Gasteiger partial charge in [-0.3, -0.25) is 14.5 Å². The molecule has 0 spiro atoms. The normalized spacial score (nSPS) is 16.9. The van der Waals surface area contributed by atoms with Crippen LogP contribution in [0, 0.1) is 11.3 Å². The van der Waals surface area contributed by atoms with Gasteiger partial charge in [0, 0.05) is 18.8 Å². The fourth-order valence-electron chi connectivity index (χ4n) is 2.03. The van der Waals surface area contributed by atoms with E-state index in [2.05, 4.69) is 10.6 Å². The zero-order chi connectivity index (χ0) is 14.5. The van der Waals surface area contributed by atoms with Crippen LogP contribution in [-0.4, -0.2) is 42.4 Å². The molecule has 1 saturated heterocycles. The predicted octanol–water partition coefficient (Wildman–Crippen LogP) is 0.317. The van der Waals surface area contributed by atoms with E-state index in [1.54, 1.807) is 31.2 Å². The van der Waals surface area contributed by atoms with Gasteiger partial charge in [0.05, 0.1) is 24.2 Å². The summed E-state index contributed by atoms with van der Waals surface area (Å²) < 4.78 is 0. The molecule has 1 aromatic carbocycles. The summed E-state index contributed by atoms with van der Waals surface area (Å²) in [5.74, 6) is -0.223. The number of nitrogens with one attached hydrogen (secondary N) is 2. The van der Waals surface area contributed by atoms with Crippen molar-refractivity contribution in [3.8, 4) is 6.07 Å². The van der Waals surface area contributed by atoms with E-state index in [1.807, 2.05) is 11.0 Å². The fraction of sp³-hybridized carbons (Fsp3) is 0.357. The van der Waals surface area contributed by atoms with Gasteiger partial charge in [-0.1, -0.05) is 0 Å². The second-order valence-corrected chi connectivity index (χ2v) is 4.67. The second-order valence-electron chi connectivity index (χ2n) is 4.67. The molecule has 1 aliphatic rings. The molecule has 0 aromatic heterocycles. The van der Waals surface area contributed by atoms with E-state index in [-0.39, 0.29) is 24.4 Å². The van der Waals surface area contributed by atoms with E-state index in [4.69, 9.17) is 5.26 Å². The molecule has 0 bridgehead atoms. The highest BCUT2D eigenvalue weighted by Crippen LogP contribution is 2.11. The third-order valence-electron chi connectivity index (χ3n) is 3.28. The number of carbonyl (C=O) groups excluding carboxylic acids is 2. The van der Waals surface area contributed by atoms with Gasteiger partial charge in [-0.25, -0.2) is 0 Å². The Kier molecular flexibility index (Phi) is 4.33. The van der Waals surface area contributed by atoms with Gasteiger partial charge >= 0.3 is 0 Å². The monoisotopic (exact) mass is 272 g/mol. The Morgan fingerprint density at radius 3 is 2.75 bits per heavy atom. The Morgan fingerprint density at radius 2 is 2.15 bits per heavy atom. The lowest BCUT2D eigenvalue weighted by Crippen LogP contribution is -2.53. The molecule has 0 radical (unpaired) electrons. The highest BCUT2D eigenvalue weighted by molar-refractivity contribution is 5.95. The van der Waals surface area contributed by atoms with Crippen molar-refractivity contribution in [2.24, 2.45) is 0 Å². The molecule has 1 heterocycles. The molecule has 1 fully saturated rings. The quantitative estimate of drug-likeness (QED) is 0.829. The van der Waals surface area contributed by atoms with Gasteiger partial charge in [0.2, 0.25) is 11.8 Å². The highest BCUT2D eigenvalue weighted by atomic mass is 16.2. The van der Waals surface area contributed by atoms with E-state index in [0.29, 0.717) is 24.3 Å². The zero-order valence-electron chi connectivity index (χ0n) is 11.2. The molecule has 6 nitrogen and oxygen atoms in total. The first kappa shape index (κ1) is 14.0. The lowest BCUT2D eigenvalue weighted by Gasteiger charge is -2.31. The number of nitrogens with zero attached hydrogens (tertiary/aromatic N) is 2. The summed E-state index contributed by atoms with van der Waals surface area (Å²) in [5, 5.41) is 14.2. The number of hydrogen-bond acceptors (Lipinski definition) is 4. The molecular formula is C14H16N4O2. The third-order valence-corrected chi connectivity index (χ3v) is 3.28. The van der Waals surface area contributed by atoms with Crippen molar-refractivity contribution >= 4 is 17.5 Å². The van der Waals surface area contributed by atoms with Crippen LogP contribution in [0.15, 0.2) is 24.3 Å². The van der Waals surface area contributed by atoms with Crippen LogP contribution in [-0.2, 0) is 9.59 Å². The molecule has 6 heteroatoms. The van der Waals surface area contributed by atoms with Crippen LogP contribution in [0.4, 0.5) is 5.69 Å². The van der Waals surface area contributed by atoms with Crippen molar-refractivity contribution in [2.45, 2.75) is 13.0 Å². The largest absolute Gasteiger partial charge is 0.354 e. The van der Waals surface area contributed by atoms with Crippen molar-refractivity contribution in [1.29, 1.82) is 5.26 Å². The first-order valence-electron chi connectivity index (χ1n) is 6.42. The molecule has 20 heavy (non-hydrogen) atoms. The maximum atomic E-state index is 12.1. The van der Waals surface area contributed by atoms with E-state index in [0.717, 1.165) is 0 Å². The van der Waals surface area contributed by atoms with Gasteiger partial charge in [-0.15, -0.1) is 0 Å². The van der Waals surface area contributed by atoms with Crippen LogP contribution < -0.4 is 10.6 Å². The first-order valence-corrected chi connectivity index (χ1v) is 6.42. The average Bonchev–Trinajstić information content (AvgIpc) is 2.47. The first-order chi connectivity index (χ1) is 9.60. The van der Waals surface area contributed by atoms with Gasteiger partial charge in [-0.2, -0.15) is 5.26 Å². The third kappa shape index (κ3) is 3.33. The zero-order valence-corrected chi connectivity index (χ0v) is 11.2. The van der Waals surface area contributed by atoms with Crippen LogP contribution >= 0.6 is 0 Å². The van der Waals surface area contributed by atoms with Crippen LogP contribution in [0.25, 0.3) is 0 Å². The molecule has 1 unspecified atom stereocenters. The Balaban J connectivity index is 1.96. The van der Waals surface area contributed by atoms with Crippen LogP contribution in [0.1, 0.15) is 12.5 Å². The predicted molar refractivity (Wildman–Crippen MR) is 73.8 cm³/mol. The topological polar surface area (TPSA) is 85.2 Å². The van der Waals surface area contributed by atoms with E-state index in [9.17, 15) is 9.59 Å². The minimum absolute atomic E-state index is 0.0609. The van der Waals surface area contributed by atoms with Crippen LogP contribution in [0.5, 0.6) is 0 Å². The molecule has 1 aliphatic heterocycles. The molecule has 2 N–H and O–H groups in total. The minimum atomic E-state index is -0.378. The second kappa shape index (κ2) is 6.17. The minimum Gasteiger partial charge on any atom is -0.354 e. The summed E-state index contributed by atoms with van der Waals surface area (Å²) in [7, 11) is 0. The van der Waals surface area contributed by atoms with Gasteiger partial charge in [-0.05, 0) is 31.2 Å². The molecular weight excluding hydrogens is 256 g/mol. The summed E-state index contributed by atoms with van der Waals surface area (Å²) >= 11 is 0. The van der Waals surface area contributed by atoms with E-state index in [1.165, 1.54) is 0 Å². The number of carbonyl (C=O) groups is 2. The lowest BCUT2D eigenvalue weighted by molar-refractivity contribution is -0.127. The Hall–Kier alpha value is -2.39. The van der Waals surface area contributed by atoms with E-state index >= 15 is 0 Å². The number of hydrogen-bond donors (Lipinski definition) is 2. The Bertz CT molecular complexity index is 547. The molecule has 0 aliphatic carbocycles. The summed E-state index contributed by atoms with van der Waals surface area (Å²) in [6.45, 7) is 3.24. The maximum Gasteiger partial charge on any atom is 0.241 e. The lowest BCUT2D eigenvalue weighted by atomic mass is 10.2. The van der Waals surface area contributed by atoms with Crippen LogP contribution in [0.2, 0.25) is 0 Å². The van der Waals surface area contributed by atoms with Crippen molar-refractivity contribution < 1.29 is 9.59 Å². The number of piperazine rings is 1. The average molecular weight is 272 g/mol.